The molecule has 0 radical (unpaired) electrons. The number of amides is 1. The summed E-state index contributed by atoms with van der Waals surface area (Å²) in [4.78, 5) is 12.3. The van der Waals surface area contributed by atoms with Crippen molar-refractivity contribution >= 4 is 23.4 Å². The number of phenols is 1. The van der Waals surface area contributed by atoms with Crippen molar-refractivity contribution in [2.24, 2.45) is 0 Å². The first-order valence-electron chi connectivity index (χ1n) is 6.30. The minimum atomic E-state index is -0.264. The SMILES string of the molecule is CS[C@@H](C(=O)Nc1ccc(C)c(O)c1)c1ccccc1. The number of rotatable bonds is 4. The van der Waals surface area contributed by atoms with Crippen molar-refractivity contribution in [3.8, 4) is 5.75 Å². The Hall–Kier alpha value is -1.94. The molecule has 20 heavy (non-hydrogen) atoms. The molecule has 4 heteroatoms. The summed E-state index contributed by atoms with van der Waals surface area (Å²) in [5, 5.41) is 12.2. The van der Waals surface area contributed by atoms with Crippen LogP contribution in [-0.2, 0) is 4.79 Å². The van der Waals surface area contributed by atoms with Gasteiger partial charge in [-0.15, -0.1) is 11.8 Å². The highest BCUT2D eigenvalue weighted by molar-refractivity contribution is 7.99. The summed E-state index contributed by atoms with van der Waals surface area (Å²) in [7, 11) is 0. The van der Waals surface area contributed by atoms with Gasteiger partial charge in [-0.25, -0.2) is 0 Å². The Balaban J connectivity index is 2.15. The van der Waals surface area contributed by atoms with Crippen LogP contribution in [-0.4, -0.2) is 17.3 Å². The summed E-state index contributed by atoms with van der Waals surface area (Å²) >= 11 is 1.48. The molecular formula is C16H17NO2S. The van der Waals surface area contributed by atoms with Gasteiger partial charge in [0.15, 0.2) is 0 Å². The van der Waals surface area contributed by atoms with Gasteiger partial charge in [0, 0.05) is 11.8 Å². The molecule has 2 aromatic carbocycles. The molecule has 0 aromatic heterocycles. The number of hydrogen-bond donors (Lipinski definition) is 2. The summed E-state index contributed by atoms with van der Waals surface area (Å²) in [5.74, 6) is 0.0927. The molecule has 0 aliphatic carbocycles. The van der Waals surface area contributed by atoms with Gasteiger partial charge in [0.2, 0.25) is 5.91 Å². The van der Waals surface area contributed by atoms with Crippen LogP contribution in [0.5, 0.6) is 5.75 Å². The molecule has 0 unspecified atom stereocenters. The average Bonchev–Trinajstić information content (AvgIpc) is 2.45. The van der Waals surface area contributed by atoms with Crippen molar-refractivity contribution < 1.29 is 9.90 Å². The molecule has 3 nitrogen and oxygen atoms in total. The number of hydrogen-bond acceptors (Lipinski definition) is 3. The largest absolute Gasteiger partial charge is 0.508 e. The van der Waals surface area contributed by atoms with Crippen LogP contribution in [0.3, 0.4) is 0 Å². The van der Waals surface area contributed by atoms with Crippen LogP contribution in [0, 0.1) is 6.92 Å². The molecular weight excluding hydrogens is 270 g/mol. The quantitative estimate of drug-likeness (QED) is 0.900. The molecule has 0 spiro atoms. The van der Waals surface area contributed by atoms with Gasteiger partial charge in [-0.3, -0.25) is 4.79 Å². The van der Waals surface area contributed by atoms with E-state index in [0.717, 1.165) is 11.1 Å². The summed E-state index contributed by atoms with van der Waals surface area (Å²) < 4.78 is 0. The lowest BCUT2D eigenvalue weighted by atomic mass is 10.1. The summed E-state index contributed by atoms with van der Waals surface area (Å²) in [6.07, 6.45) is 1.91. The van der Waals surface area contributed by atoms with E-state index in [2.05, 4.69) is 5.32 Å². The van der Waals surface area contributed by atoms with Crippen LogP contribution in [0.25, 0.3) is 0 Å². The summed E-state index contributed by atoms with van der Waals surface area (Å²) in [6, 6.07) is 14.8. The second-order valence-corrected chi connectivity index (χ2v) is 5.46. The number of anilines is 1. The van der Waals surface area contributed by atoms with Gasteiger partial charge in [-0.05, 0) is 30.4 Å². The minimum absolute atomic E-state index is 0.0908. The van der Waals surface area contributed by atoms with E-state index in [1.807, 2.05) is 43.5 Å². The molecule has 2 aromatic rings. The first-order valence-corrected chi connectivity index (χ1v) is 7.59. The highest BCUT2D eigenvalue weighted by atomic mass is 32.2. The predicted octanol–water partition coefficient (Wildman–Crippen LogP) is 3.74. The van der Waals surface area contributed by atoms with E-state index in [0.29, 0.717) is 5.69 Å². The van der Waals surface area contributed by atoms with E-state index < -0.39 is 0 Å². The third-order valence-electron chi connectivity index (χ3n) is 3.05. The van der Waals surface area contributed by atoms with Crippen LogP contribution in [0.1, 0.15) is 16.4 Å². The van der Waals surface area contributed by atoms with Crippen molar-refractivity contribution in [3.63, 3.8) is 0 Å². The number of thioether (sulfide) groups is 1. The Kier molecular flexibility index (Phi) is 4.69. The van der Waals surface area contributed by atoms with Gasteiger partial charge < -0.3 is 10.4 Å². The number of benzene rings is 2. The zero-order valence-electron chi connectivity index (χ0n) is 11.5. The number of nitrogens with one attached hydrogen (secondary N) is 1. The molecule has 2 N–H and O–H groups in total. The number of aryl methyl sites for hydroxylation is 1. The average molecular weight is 287 g/mol. The lowest BCUT2D eigenvalue weighted by Gasteiger charge is -2.15. The van der Waals surface area contributed by atoms with Crippen molar-refractivity contribution in [2.45, 2.75) is 12.2 Å². The maximum absolute atomic E-state index is 12.3. The van der Waals surface area contributed by atoms with E-state index in [9.17, 15) is 9.90 Å². The molecule has 0 bridgehead atoms. The molecule has 0 saturated heterocycles. The highest BCUT2D eigenvalue weighted by Crippen LogP contribution is 2.29. The zero-order valence-corrected chi connectivity index (χ0v) is 12.3. The van der Waals surface area contributed by atoms with Gasteiger partial charge >= 0.3 is 0 Å². The summed E-state index contributed by atoms with van der Waals surface area (Å²) in [6.45, 7) is 1.82. The van der Waals surface area contributed by atoms with Gasteiger partial charge in [-0.2, -0.15) is 0 Å². The molecule has 0 aliphatic heterocycles. The van der Waals surface area contributed by atoms with Gasteiger partial charge in [0.25, 0.3) is 0 Å². The lowest BCUT2D eigenvalue weighted by molar-refractivity contribution is -0.115. The molecule has 1 atom stereocenters. The fourth-order valence-electron chi connectivity index (χ4n) is 1.92. The third kappa shape index (κ3) is 3.33. The van der Waals surface area contributed by atoms with Gasteiger partial charge in [0.1, 0.15) is 11.0 Å². The number of carbonyl (C=O) groups is 1. The molecule has 104 valence electrons. The molecule has 2 rings (SSSR count). The fourth-order valence-corrected chi connectivity index (χ4v) is 2.62. The normalized spacial score (nSPS) is 11.9. The minimum Gasteiger partial charge on any atom is -0.508 e. The Morgan fingerprint density at radius 1 is 1.20 bits per heavy atom. The molecule has 0 heterocycles. The number of aromatic hydroxyl groups is 1. The fraction of sp³-hybridized carbons (Fsp3) is 0.188. The van der Waals surface area contributed by atoms with Crippen LogP contribution < -0.4 is 5.32 Å². The Bertz CT molecular complexity index is 599. The molecule has 0 aliphatic rings. The van der Waals surface area contributed by atoms with E-state index in [1.54, 1.807) is 18.2 Å². The predicted molar refractivity (Wildman–Crippen MR) is 84.2 cm³/mol. The topological polar surface area (TPSA) is 49.3 Å². The van der Waals surface area contributed by atoms with Gasteiger partial charge in [-0.1, -0.05) is 36.4 Å². The van der Waals surface area contributed by atoms with Crippen molar-refractivity contribution in [1.29, 1.82) is 0 Å². The molecule has 0 fully saturated rings. The standard InChI is InChI=1S/C16H17NO2S/c1-11-8-9-13(10-14(11)18)17-16(19)15(20-2)12-6-4-3-5-7-12/h3-10,15,18H,1-2H3,(H,17,19)/t15-/m1/s1. The van der Waals surface area contributed by atoms with E-state index in [1.165, 1.54) is 11.8 Å². The first-order chi connectivity index (χ1) is 9.61. The lowest BCUT2D eigenvalue weighted by Crippen LogP contribution is -2.18. The summed E-state index contributed by atoms with van der Waals surface area (Å²) in [5.41, 5.74) is 2.36. The Morgan fingerprint density at radius 3 is 2.50 bits per heavy atom. The molecule has 0 saturated carbocycles. The number of carbonyl (C=O) groups excluding carboxylic acids is 1. The second-order valence-electron chi connectivity index (χ2n) is 4.52. The van der Waals surface area contributed by atoms with Crippen molar-refractivity contribution in [2.75, 3.05) is 11.6 Å². The van der Waals surface area contributed by atoms with Crippen LogP contribution in [0.15, 0.2) is 48.5 Å². The molecule has 1 amide bonds. The smallest absolute Gasteiger partial charge is 0.241 e. The third-order valence-corrected chi connectivity index (χ3v) is 4.01. The maximum atomic E-state index is 12.3. The van der Waals surface area contributed by atoms with E-state index >= 15 is 0 Å². The van der Waals surface area contributed by atoms with Crippen molar-refractivity contribution in [3.05, 3.63) is 59.7 Å². The van der Waals surface area contributed by atoms with Gasteiger partial charge in [0.05, 0.1) is 0 Å². The van der Waals surface area contributed by atoms with E-state index in [-0.39, 0.29) is 16.9 Å². The zero-order chi connectivity index (χ0) is 14.5. The monoisotopic (exact) mass is 287 g/mol. The highest BCUT2D eigenvalue weighted by Gasteiger charge is 2.19. The van der Waals surface area contributed by atoms with Crippen LogP contribution in [0.2, 0.25) is 0 Å². The Morgan fingerprint density at radius 2 is 1.90 bits per heavy atom. The Labute approximate surface area is 123 Å². The van der Waals surface area contributed by atoms with E-state index in [4.69, 9.17) is 0 Å². The number of phenolic OH excluding ortho intramolecular Hbond substituents is 1. The second kappa shape index (κ2) is 6.48. The maximum Gasteiger partial charge on any atom is 0.241 e. The van der Waals surface area contributed by atoms with Crippen LogP contribution in [0.4, 0.5) is 5.69 Å². The van der Waals surface area contributed by atoms with Crippen LogP contribution >= 0.6 is 11.8 Å². The first kappa shape index (κ1) is 14.5. The van der Waals surface area contributed by atoms with Crippen molar-refractivity contribution in [1.82, 2.24) is 0 Å².